The van der Waals surface area contributed by atoms with Crippen LogP contribution in [0.3, 0.4) is 0 Å². The molecule has 26 heavy (non-hydrogen) atoms. The van der Waals surface area contributed by atoms with Crippen molar-refractivity contribution in [3.05, 3.63) is 59.1 Å². The number of rotatable bonds is 5. The Morgan fingerprint density at radius 3 is 2.77 bits per heavy atom. The Kier molecular flexibility index (Phi) is 5.56. The van der Waals surface area contributed by atoms with Gasteiger partial charge in [0.15, 0.2) is 5.82 Å². The molecule has 6 nitrogen and oxygen atoms in total. The predicted octanol–water partition coefficient (Wildman–Crippen LogP) is 4.12. The zero-order valence-corrected chi connectivity index (χ0v) is 15.3. The molecule has 0 spiro atoms. The number of hydrogen-bond acceptors (Lipinski definition) is 5. The summed E-state index contributed by atoms with van der Waals surface area (Å²) in [4.78, 5) is 16.8. The average Bonchev–Trinajstić information content (AvgIpc) is 3.11. The smallest absolute Gasteiger partial charge is 0.237 e. The lowest BCUT2D eigenvalue weighted by molar-refractivity contribution is -0.115. The number of amides is 1. The van der Waals surface area contributed by atoms with Crippen LogP contribution >= 0.6 is 23.4 Å². The van der Waals surface area contributed by atoms with Crippen molar-refractivity contribution < 1.29 is 4.79 Å². The topological polar surface area (TPSA) is 94.5 Å². The molecule has 0 fully saturated rings. The lowest BCUT2D eigenvalue weighted by atomic mass is 10.2. The van der Waals surface area contributed by atoms with Crippen molar-refractivity contribution in [2.24, 2.45) is 0 Å². The average molecular weight is 384 g/mol. The first-order valence-corrected chi connectivity index (χ1v) is 8.97. The molecule has 130 valence electrons. The first kappa shape index (κ1) is 18.0. The van der Waals surface area contributed by atoms with Gasteiger partial charge in [0.2, 0.25) is 11.1 Å². The van der Waals surface area contributed by atoms with Crippen LogP contribution in [-0.2, 0) is 4.79 Å². The number of benzene rings is 2. The van der Waals surface area contributed by atoms with Crippen LogP contribution in [0.4, 0.5) is 5.69 Å². The molecule has 8 heteroatoms. The molecule has 2 N–H and O–H groups in total. The fourth-order valence-corrected chi connectivity index (χ4v) is 3.11. The lowest BCUT2D eigenvalue weighted by Crippen LogP contribution is -2.22. The van der Waals surface area contributed by atoms with Crippen molar-refractivity contribution in [3.8, 4) is 17.5 Å². The highest BCUT2D eigenvalue weighted by Gasteiger charge is 2.18. The van der Waals surface area contributed by atoms with Crippen LogP contribution in [0.5, 0.6) is 0 Å². The number of nitriles is 1. The third kappa shape index (κ3) is 4.23. The van der Waals surface area contributed by atoms with Crippen LogP contribution in [0.15, 0.2) is 53.7 Å². The number of halogens is 1. The molecule has 1 amide bonds. The van der Waals surface area contributed by atoms with E-state index < -0.39 is 5.25 Å². The SMILES string of the molecule is C[C@H](Sc1n[nH]c(-c2ccccc2)n1)C(=O)Nc1ccc(C#N)c(Cl)c1. The fraction of sp³-hybridized carbons (Fsp3) is 0.111. The number of hydrogen-bond donors (Lipinski definition) is 2. The highest BCUT2D eigenvalue weighted by Crippen LogP contribution is 2.25. The quantitative estimate of drug-likeness (QED) is 0.646. The van der Waals surface area contributed by atoms with Gasteiger partial charge in [-0.15, -0.1) is 5.10 Å². The maximum Gasteiger partial charge on any atom is 0.237 e. The van der Waals surface area contributed by atoms with Crippen LogP contribution < -0.4 is 5.32 Å². The minimum absolute atomic E-state index is 0.207. The van der Waals surface area contributed by atoms with Gasteiger partial charge in [0, 0.05) is 11.3 Å². The van der Waals surface area contributed by atoms with Gasteiger partial charge in [-0.25, -0.2) is 4.98 Å². The molecule has 3 aromatic rings. The van der Waals surface area contributed by atoms with Gasteiger partial charge < -0.3 is 5.32 Å². The molecule has 3 rings (SSSR count). The standard InChI is InChI=1S/C18H14ClN5OS/c1-11(17(25)21-14-8-7-13(10-20)15(19)9-14)26-18-22-16(23-24-18)12-5-3-2-4-6-12/h2-9,11H,1H3,(H,21,25)(H,22,23,24)/t11-/m0/s1. The Balaban J connectivity index is 1.64. The van der Waals surface area contributed by atoms with Crippen LogP contribution in [-0.4, -0.2) is 26.3 Å². The minimum atomic E-state index is -0.413. The summed E-state index contributed by atoms with van der Waals surface area (Å²) >= 11 is 7.23. The van der Waals surface area contributed by atoms with Crippen LogP contribution in [0.1, 0.15) is 12.5 Å². The molecule has 0 aliphatic carbocycles. The Morgan fingerprint density at radius 2 is 2.08 bits per heavy atom. The molecular formula is C18H14ClN5OS. The van der Waals surface area contributed by atoms with Crippen molar-refractivity contribution in [2.75, 3.05) is 5.32 Å². The second kappa shape index (κ2) is 8.04. The third-order valence-corrected chi connectivity index (χ3v) is 4.79. The maximum atomic E-state index is 12.4. The minimum Gasteiger partial charge on any atom is -0.325 e. The van der Waals surface area contributed by atoms with E-state index in [2.05, 4.69) is 20.5 Å². The summed E-state index contributed by atoms with van der Waals surface area (Å²) in [5.41, 5.74) is 1.82. The zero-order valence-electron chi connectivity index (χ0n) is 13.7. The highest BCUT2D eigenvalue weighted by molar-refractivity contribution is 8.00. The van der Waals surface area contributed by atoms with E-state index >= 15 is 0 Å². The summed E-state index contributed by atoms with van der Waals surface area (Å²) in [6.45, 7) is 1.77. The summed E-state index contributed by atoms with van der Waals surface area (Å²) in [6.07, 6.45) is 0. The van der Waals surface area contributed by atoms with Crippen LogP contribution in [0.2, 0.25) is 5.02 Å². The highest BCUT2D eigenvalue weighted by atomic mass is 35.5. The largest absolute Gasteiger partial charge is 0.325 e. The Morgan fingerprint density at radius 1 is 1.31 bits per heavy atom. The predicted molar refractivity (Wildman–Crippen MR) is 102 cm³/mol. The van der Waals surface area contributed by atoms with Gasteiger partial charge in [-0.3, -0.25) is 9.89 Å². The molecule has 0 aliphatic rings. The van der Waals surface area contributed by atoms with E-state index in [0.717, 1.165) is 5.56 Å². The third-order valence-electron chi connectivity index (χ3n) is 3.52. The number of H-pyrrole nitrogens is 1. The van der Waals surface area contributed by atoms with Crippen molar-refractivity contribution >= 4 is 35.0 Å². The molecule has 2 aromatic carbocycles. The second-order valence-corrected chi connectivity index (χ2v) is 7.10. The Labute approximate surface area is 159 Å². The second-order valence-electron chi connectivity index (χ2n) is 5.39. The van der Waals surface area contributed by atoms with E-state index in [-0.39, 0.29) is 5.91 Å². The molecule has 0 radical (unpaired) electrons. The van der Waals surface area contributed by atoms with E-state index in [0.29, 0.717) is 27.3 Å². The molecular weight excluding hydrogens is 370 g/mol. The summed E-state index contributed by atoms with van der Waals surface area (Å²) in [5.74, 6) is 0.446. The van der Waals surface area contributed by atoms with E-state index in [9.17, 15) is 4.79 Å². The first-order valence-electron chi connectivity index (χ1n) is 7.72. The summed E-state index contributed by atoms with van der Waals surface area (Å²) in [6, 6.07) is 16.4. The van der Waals surface area contributed by atoms with Crippen molar-refractivity contribution in [1.29, 1.82) is 5.26 Å². The molecule has 0 unspecified atom stereocenters. The Bertz CT molecular complexity index is 967. The van der Waals surface area contributed by atoms with Gasteiger partial charge in [-0.1, -0.05) is 53.7 Å². The zero-order chi connectivity index (χ0) is 18.5. The number of carbonyl (C=O) groups excluding carboxylic acids is 1. The normalized spacial score (nSPS) is 11.6. The van der Waals surface area contributed by atoms with Crippen LogP contribution in [0.25, 0.3) is 11.4 Å². The van der Waals surface area contributed by atoms with Gasteiger partial charge in [0.25, 0.3) is 0 Å². The number of nitrogens with zero attached hydrogens (tertiary/aromatic N) is 3. The maximum absolute atomic E-state index is 12.4. The molecule has 0 saturated heterocycles. The number of aromatic amines is 1. The van der Waals surface area contributed by atoms with E-state index in [1.165, 1.54) is 11.8 Å². The van der Waals surface area contributed by atoms with E-state index in [1.807, 2.05) is 36.4 Å². The summed E-state index contributed by atoms with van der Waals surface area (Å²) in [7, 11) is 0. The first-order chi connectivity index (χ1) is 12.6. The molecule has 0 saturated carbocycles. The van der Waals surface area contributed by atoms with Crippen molar-refractivity contribution in [2.45, 2.75) is 17.3 Å². The molecule has 1 atom stereocenters. The summed E-state index contributed by atoms with van der Waals surface area (Å²) in [5, 5.41) is 19.1. The fourth-order valence-electron chi connectivity index (χ4n) is 2.16. The number of aromatic nitrogens is 3. The van der Waals surface area contributed by atoms with Gasteiger partial charge >= 0.3 is 0 Å². The van der Waals surface area contributed by atoms with Gasteiger partial charge in [-0.2, -0.15) is 5.26 Å². The van der Waals surface area contributed by atoms with E-state index in [4.69, 9.17) is 16.9 Å². The number of thioether (sulfide) groups is 1. The molecule has 1 aromatic heterocycles. The number of anilines is 1. The van der Waals surface area contributed by atoms with Crippen molar-refractivity contribution in [3.63, 3.8) is 0 Å². The van der Waals surface area contributed by atoms with Crippen molar-refractivity contribution in [1.82, 2.24) is 15.2 Å². The monoisotopic (exact) mass is 383 g/mol. The molecule has 0 aliphatic heterocycles. The number of nitrogens with one attached hydrogen (secondary N) is 2. The number of carbonyl (C=O) groups is 1. The molecule has 0 bridgehead atoms. The summed E-state index contributed by atoms with van der Waals surface area (Å²) < 4.78 is 0. The lowest BCUT2D eigenvalue weighted by Gasteiger charge is -2.10. The van der Waals surface area contributed by atoms with Crippen LogP contribution in [0, 0.1) is 11.3 Å². The Hall–Kier alpha value is -2.82. The van der Waals surface area contributed by atoms with E-state index in [1.54, 1.807) is 25.1 Å². The van der Waals surface area contributed by atoms with Gasteiger partial charge in [0.05, 0.1) is 15.8 Å². The van der Waals surface area contributed by atoms with Gasteiger partial charge in [-0.05, 0) is 25.1 Å². The molecule has 1 heterocycles. The van der Waals surface area contributed by atoms with Gasteiger partial charge in [0.1, 0.15) is 6.07 Å².